The molecule has 1 rings (SSSR count). The van der Waals surface area contributed by atoms with Gasteiger partial charge >= 0.3 is 0 Å². The summed E-state index contributed by atoms with van der Waals surface area (Å²) in [6.07, 6.45) is 0. The average Bonchev–Trinajstić information content (AvgIpc) is 2.47. The van der Waals surface area contributed by atoms with E-state index in [1.807, 2.05) is 0 Å². The van der Waals surface area contributed by atoms with Crippen molar-refractivity contribution in [1.82, 2.24) is 15.0 Å². The van der Waals surface area contributed by atoms with Crippen LogP contribution in [0.15, 0.2) is 0 Å². The minimum absolute atomic E-state index is 0.159. The number of hydrogen-bond acceptors (Lipinski definition) is 7. The molecule has 0 aliphatic rings. The zero-order valence-electron chi connectivity index (χ0n) is 14.0. The van der Waals surface area contributed by atoms with Crippen LogP contribution < -0.4 is 15.5 Å². The Morgan fingerprint density at radius 1 is 1.10 bits per heavy atom. The molecule has 0 saturated heterocycles. The maximum absolute atomic E-state index is 5.25. The zero-order chi connectivity index (χ0) is 15.8. The molecule has 21 heavy (non-hydrogen) atoms. The first-order chi connectivity index (χ1) is 10.0. The SMILES string of the molecule is CCN(CC)c1nc(NC)nc(NC(COC)C(C)C)n1. The Morgan fingerprint density at radius 2 is 1.71 bits per heavy atom. The van der Waals surface area contributed by atoms with Gasteiger partial charge in [-0.05, 0) is 19.8 Å². The summed E-state index contributed by atoms with van der Waals surface area (Å²) in [5, 5.41) is 6.33. The number of aromatic nitrogens is 3. The van der Waals surface area contributed by atoms with E-state index in [1.54, 1.807) is 14.2 Å². The second kappa shape index (κ2) is 8.61. The highest BCUT2D eigenvalue weighted by atomic mass is 16.5. The lowest BCUT2D eigenvalue weighted by molar-refractivity contribution is 0.171. The molecular weight excluding hydrogens is 268 g/mol. The highest BCUT2D eigenvalue weighted by molar-refractivity contribution is 5.43. The van der Waals surface area contributed by atoms with Crippen molar-refractivity contribution in [2.75, 3.05) is 49.4 Å². The summed E-state index contributed by atoms with van der Waals surface area (Å²) < 4.78 is 5.25. The number of rotatable bonds is 9. The standard InChI is InChI=1S/C14H28N6O/c1-7-20(8-2)14-18-12(15-5)17-13(19-14)16-11(9-21-6)10(3)4/h10-11H,7-9H2,1-6H3,(H2,15,16,17,18,19). The molecule has 0 spiro atoms. The van der Waals surface area contributed by atoms with Crippen molar-refractivity contribution in [3.8, 4) is 0 Å². The first-order valence-corrected chi connectivity index (χ1v) is 7.49. The fourth-order valence-electron chi connectivity index (χ4n) is 1.94. The van der Waals surface area contributed by atoms with Gasteiger partial charge in [-0.2, -0.15) is 15.0 Å². The Kier molecular flexibility index (Phi) is 7.14. The normalized spacial score (nSPS) is 12.3. The molecule has 1 aromatic heterocycles. The first-order valence-electron chi connectivity index (χ1n) is 7.49. The largest absolute Gasteiger partial charge is 0.383 e. The highest BCUT2D eigenvalue weighted by Gasteiger charge is 2.16. The molecule has 7 nitrogen and oxygen atoms in total. The molecule has 0 bridgehead atoms. The number of methoxy groups -OCH3 is 1. The Bertz CT molecular complexity index is 422. The van der Waals surface area contributed by atoms with Crippen molar-refractivity contribution >= 4 is 17.8 Å². The molecule has 0 aliphatic carbocycles. The molecule has 0 aliphatic heterocycles. The third-order valence-corrected chi connectivity index (χ3v) is 3.36. The van der Waals surface area contributed by atoms with Crippen LogP contribution in [0.4, 0.5) is 17.8 Å². The van der Waals surface area contributed by atoms with E-state index < -0.39 is 0 Å². The second-order valence-electron chi connectivity index (χ2n) is 5.16. The lowest BCUT2D eigenvalue weighted by Crippen LogP contribution is -2.32. The maximum atomic E-state index is 5.25. The van der Waals surface area contributed by atoms with Gasteiger partial charge in [0.05, 0.1) is 12.6 Å². The van der Waals surface area contributed by atoms with E-state index in [2.05, 4.69) is 58.2 Å². The summed E-state index contributed by atoms with van der Waals surface area (Å²) in [5.41, 5.74) is 0. The lowest BCUT2D eigenvalue weighted by Gasteiger charge is -2.23. The molecule has 120 valence electrons. The van der Waals surface area contributed by atoms with Crippen molar-refractivity contribution in [2.45, 2.75) is 33.7 Å². The molecule has 2 N–H and O–H groups in total. The number of nitrogens with one attached hydrogen (secondary N) is 2. The zero-order valence-corrected chi connectivity index (χ0v) is 14.0. The van der Waals surface area contributed by atoms with E-state index in [4.69, 9.17) is 4.74 Å². The van der Waals surface area contributed by atoms with E-state index in [0.29, 0.717) is 30.4 Å². The van der Waals surface area contributed by atoms with Gasteiger partial charge < -0.3 is 20.3 Å². The fourth-order valence-corrected chi connectivity index (χ4v) is 1.94. The van der Waals surface area contributed by atoms with Gasteiger partial charge in [0.1, 0.15) is 0 Å². The van der Waals surface area contributed by atoms with Crippen LogP contribution in [0, 0.1) is 5.92 Å². The van der Waals surface area contributed by atoms with E-state index >= 15 is 0 Å². The third kappa shape index (κ3) is 5.00. The summed E-state index contributed by atoms with van der Waals surface area (Å²) in [4.78, 5) is 15.4. The minimum atomic E-state index is 0.159. The van der Waals surface area contributed by atoms with Crippen molar-refractivity contribution < 1.29 is 4.74 Å². The summed E-state index contributed by atoms with van der Waals surface area (Å²) >= 11 is 0. The van der Waals surface area contributed by atoms with Gasteiger partial charge in [-0.1, -0.05) is 13.8 Å². The van der Waals surface area contributed by atoms with E-state index in [9.17, 15) is 0 Å². The van der Waals surface area contributed by atoms with Crippen LogP contribution in [0.1, 0.15) is 27.7 Å². The number of anilines is 3. The summed E-state index contributed by atoms with van der Waals surface area (Å²) in [5.74, 6) is 2.24. The average molecular weight is 296 g/mol. The monoisotopic (exact) mass is 296 g/mol. The second-order valence-corrected chi connectivity index (χ2v) is 5.16. The molecule has 0 fully saturated rings. The lowest BCUT2D eigenvalue weighted by atomic mass is 10.1. The van der Waals surface area contributed by atoms with Crippen LogP contribution >= 0.6 is 0 Å². The van der Waals surface area contributed by atoms with E-state index in [0.717, 1.165) is 13.1 Å². The van der Waals surface area contributed by atoms with Crippen molar-refractivity contribution in [3.63, 3.8) is 0 Å². The molecule has 0 amide bonds. The maximum Gasteiger partial charge on any atom is 0.231 e. The third-order valence-electron chi connectivity index (χ3n) is 3.36. The van der Waals surface area contributed by atoms with Crippen molar-refractivity contribution in [3.05, 3.63) is 0 Å². The molecule has 1 atom stereocenters. The van der Waals surface area contributed by atoms with Gasteiger partial charge in [0.15, 0.2) is 0 Å². The molecule has 7 heteroatoms. The van der Waals surface area contributed by atoms with Gasteiger partial charge in [0.25, 0.3) is 0 Å². The van der Waals surface area contributed by atoms with Crippen LogP contribution in [0.5, 0.6) is 0 Å². The summed E-state index contributed by atoms with van der Waals surface area (Å²) in [7, 11) is 3.50. The van der Waals surface area contributed by atoms with Crippen molar-refractivity contribution in [2.24, 2.45) is 5.92 Å². The number of nitrogens with zero attached hydrogens (tertiary/aromatic N) is 4. The molecular formula is C14H28N6O. The highest BCUT2D eigenvalue weighted by Crippen LogP contribution is 2.15. The smallest absolute Gasteiger partial charge is 0.231 e. The molecule has 1 unspecified atom stereocenters. The Hall–Kier alpha value is -1.63. The van der Waals surface area contributed by atoms with Crippen molar-refractivity contribution in [1.29, 1.82) is 0 Å². The van der Waals surface area contributed by atoms with Gasteiger partial charge in [-0.3, -0.25) is 0 Å². The number of hydrogen-bond donors (Lipinski definition) is 2. The van der Waals surface area contributed by atoms with Gasteiger partial charge in [0.2, 0.25) is 17.8 Å². The topological polar surface area (TPSA) is 75.2 Å². The van der Waals surface area contributed by atoms with Crippen LogP contribution in [-0.2, 0) is 4.74 Å². The summed E-state index contributed by atoms with van der Waals surface area (Å²) in [6.45, 7) is 10.8. The quantitative estimate of drug-likeness (QED) is 0.720. The molecule has 0 aromatic carbocycles. The van der Waals surface area contributed by atoms with Crippen LogP contribution in [0.3, 0.4) is 0 Å². The predicted molar refractivity (Wildman–Crippen MR) is 87.1 cm³/mol. The molecule has 1 aromatic rings. The first kappa shape index (κ1) is 17.4. The Balaban J connectivity index is 3.02. The fraction of sp³-hybridized carbons (Fsp3) is 0.786. The summed E-state index contributed by atoms with van der Waals surface area (Å²) in [6, 6.07) is 0.159. The predicted octanol–water partition coefficient (Wildman–Crippen LogP) is 1.84. The Morgan fingerprint density at radius 3 is 2.19 bits per heavy atom. The van der Waals surface area contributed by atoms with E-state index in [1.165, 1.54) is 0 Å². The van der Waals surface area contributed by atoms with E-state index in [-0.39, 0.29) is 6.04 Å². The number of ether oxygens (including phenoxy) is 1. The van der Waals surface area contributed by atoms with Crippen LogP contribution in [-0.4, -0.2) is 54.8 Å². The minimum Gasteiger partial charge on any atom is -0.383 e. The van der Waals surface area contributed by atoms with Crippen LogP contribution in [0.2, 0.25) is 0 Å². The molecule has 0 radical (unpaired) electrons. The molecule has 0 saturated carbocycles. The Labute approximate surface area is 127 Å². The van der Waals surface area contributed by atoms with Gasteiger partial charge in [-0.25, -0.2) is 0 Å². The molecule has 1 heterocycles. The van der Waals surface area contributed by atoms with Gasteiger partial charge in [0, 0.05) is 27.2 Å². The van der Waals surface area contributed by atoms with Gasteiger partial charge in [-0.15, -0.1) is 0 Å². The van der Waals surface area contributed by atoms with Crippen LogP contribution in [0.25, 0.3) is 0 Å².